The minimum absolute atomic E-state index is 0.199. The Morgan fingerprint density at radius 3 is 2.70 bits per heavy atom. The van der Waals surface area contributed by atoms with E-state index in [0.717, 1.165) is 5.56 Å². The molecule has 1 amide bonds. The second-order valence-corrected chi connectivity index (χ2v) is 5.44. The Kier molecular flexibility index (Phi) is 5.90. The van der Waals surface area contributed by atoms with Crippen LogP contribution in [0.25, 0.3) is 0 Å². The molecule has 1 aromatic carbocycles. The van der Waals surface area contributed by atoms with Gasteiger partial charge in [0.2, 0.25) is 0 Å². The number of amides is 1. The number of ether oxygens (including phenoxy) is 1. The van der Waals surface area contributed by atoms with Gasteiger partial charge in [-0.05, 0) is 17.7 Å². The van der Waals surface area contributed by atoms with Crippen molar-refractivity contribution in [3.8, 4) is 0 Å². The number of nitrogens with zero attached hydrogens (tertiary/aromatic N) is 2. The molecule has 1 heterocycles. The third-order valence-electron chi connectivity index (χ3n) is 3.34. The first-order valence-electron chi connectivity index (χ1n) is 7.11. The van der Waals surface area contributed by atoms with Crippen LogP contribution in [0.2, 0.25) is 5.02 Å². The van der Waals surface area contributed by atoms with Gasteiger partial charge in [-0.15, -0.1) is 0 Å². The molecular weight excluding hydrogens is 318 g/mol. The summed E-state index contributed by atoms with van der Waals surface area (Å²) in [5.74, 6) is -0.461. The Labute approximate surface area is 139 Å². The van der Waals surface area contributed by atoms with Crippen molar-refractivity contribution < 1.29 is 14.3 Å². The fraction of sp³-hybridized carbons (Fsp3) is 0.312. The molecule has 23 heavy (non-hydrogen) atoms. The van der Waals surface area contributed by atoms with E-state index in [4.69, 9.17) is 16.3 Å². The summed E-state index contributed by atoms with van der Waals surface area (Å²) in [5.41, 5.74) is 1.33. The molecule has 2 rings (SSSR count). The van der Waals surface area contributed by atoms with Gasteiger partial charge >= 0.3 is 0 Å². The van der Waals surface area contributed by atoms with Crippen LogP contribution in [-0.4, -0.2) is 47.0 Å². The number of benzene rings is 1. The number of aromatic amines is 1. The SMILES string of the molecule is COCCN(Cc1ccccc1Cl)C(=O)c1cc(C(C)=O)n[nH]1. The maximum Gasteiger partial charge on any atom is 0.272 e. The average molecular weight is 336 g/mol. The van der Waals surface area contributed by atoms with Gasteiger partial charge in [-0.25, -0.2) is 0 Å². The molecule has 1 aromatic heterocycles. The van der Waals surface area contributed by atoms with Gasteiger partial charge in [-0.2, -0.15) is 5.10 Å². The van der Waals surface area contributed by atoms with Crippen LogP contribution < -0.4 is 0 Å². The van der Waals surface area contributed by atoms with Crippen LogP contribution in [0.15, 0.2) is 30.3 Å². The number of H-pyrrole nitrogens is 1. The predicted octanol–water partition coefficient (Wildman–Crippen LogP) is 2.55. The Morgan fingerprint density at radius 1 is 1.35 bits per heavy atom. The summed E-state index contributed by atoms with van der Waals surface area (Å²) in [6.07, 6.45) is 0. The number of aromatic nitrogens is 2. The molecule has 0 saturated carbocycles. The fourth-order valence-electron chi connectivity index (χ4n) is 2.07. The number of carbonyl (C=O) groups is 2. The second-order valence-electron chi connectivity index (χ2n) is 5.03. The van der Waals surface area contributed by atoms with Gasteiger partial charge in [0.15, 0.2) is 5.78 Å². The first kappa shape index (κ1) is 17.2. The topological polar surface area (TPSA) is 75.3 Å². The number of hydrogen-bond donors (Lipinski definition) is 1. The number of hydrogen-bond acceptors (Lipinski definition) is 4. The van der Waals surface area contributed by atoms with Crippen molar-refractivity contribution in [3.05, 3.63) is 52.3 Å². The van der Waals surface area contributed by atoms with E-state index in [9.17, 15) is 9.59 Å². The zero-order valence-electron chi connectivity index (χ0n) is 13.0. The van der Waals surface area contributed by atoms with E-state index in [1.54, 1.807) is 18.1 Å². The monoisotopic (exact) mass is 335 g/mol. The maximum atomic E-state index is 12.6. The number of rotatable bonds is 7. The summed E-state index contributed by atoms with van der Waals surface area (Å²) in [6, 6.07) is 8.80. The van der Waals surface area contributed by atoms with Crippen molar-refractivity contribution in [1.29, 1.82) is 0 Å². The highest BCUT2D eigenvalue weighted by molar-refractivity contribution is 6.31. The fourth-order valence-corrected chi connectivity index (χ4v) is 2.26. The first-order valence-corrected chi connectivity index (χ1v) is 7.48. The molecule has 0 saturated heterocycles. The van der Waals surface area contributed by atoms with E-state index in [2.05, 4.69) is 10.2 Å². The van der Waals surface area contributed by atoms with Crippen LogP contribution in [0, 0.1) is 0 Å². The molecule has 0 fully saturated rings. The number of nitrogens with one attached hydrogen (secondary N) is 1. The standard InChI is InChI=1S/C16H18ClN3O3/c1-11(21)14-9-15(19-18-14)16(22)20(7-8-23-2)10-12-5-3-4-6-13(12)17/h3-6,9H,7-8,10H2,1-2H3,(H,18,19). The Morgan fingerprint density at radius 2 is 2.09 bits per heavy atom. The number of ketones is 1. The molecule has 0 radical (unpaired) electrons. The smallest absolute Gasteiger partial charge is 0.272 e. The Hall–Kier alpha value is -2.18. The molecule has 0 aliphatic rings. The lowest BCUT2D eigenvalue weighted by atomic mass is 10.2. The highest BCUT2D eigenvalue weighted by Crippen LogP contribution is 2.18. The van der Waals surface area contributed by atoms with Crippen LogP contribution in [0.1, 0.15) is 33.5 Å². The van der Waals surface area contributed by atoms with Crippen molar-refractivity contribution in [2.75, 3.05) is 20.3 Å². The van der Waals surface area contributed by atoms with Crippen LogP contribution in [-0.2, 0) is 11.3 Å². The number of halogens is 1. The second kappa shape index (κ2) is 7.89. The van der Waals surface area contributed by atoms with Gasteiger partial charge in [0, 0.05) is 32.1 Å². The lowest BCUT2D eigenvalue weighted by molar-refractivity contribution is 0.0674. The largest absolute Gasteiger partial charge is 0.383 e. The zero-order valence-corrected chi connectivity index (χ0v) is 13.8. The van der Waals surface area contributed by atoms with Crippen LogP contribution >= 0.6 is 11.6 Å². The van der Waals surface area contributed by atoms with Crippen LogP contribution in [0.3, 0.4) is 0 Å². The van der Waals surface area contributed by atoms with E-state index in [-0.39, 0.29) is 23.1 Å². The maximum absolute atomic E-state index is 12.6. The van der Waals surface area contributed by atoms with Gasteiger partial charge in [0.1, 0.15) is 11.4 Å². The molecule has 7 heteroatoms. The minimum atomic E-state index is -0.262. The lowest BCUT2D eigenvalue weighted by Crippen LogP contribution is -2.33. The molecule has 6 nitrogen and oxygen atoms in total. The average Bonchev–Trinajstić information content (AvgIpc) is 3.02. The molecule has 0 aliphatic heterocycles. The molecule has 2 aromatic rings. The third-order valence-corrected chi connectivity index (χ3v) is 3.71. The normalized spacial score (nSPS) is 10.6. The van der Waals surface area contributed by atoms with Gasteiger partial charge in [0.05, 0.1) is 6.61 Å². The Balaban J connectivity index is 2.21. The summed E-state index contributed by atoms with van der Waals surface area (Å²) >= 11 is 6.16. The number of Topliss-reactive ketones (excluding diaryl/α,β-unsaturated/α-hetero) is 1. The van der Waals surface area contributed by atoms with E-state index < -0.39 is 0 Å². The predicted molar refractivity (Wildman–Crippen MR) is 86.7 cm³/mol. The quantitative estimate of drug-likeness (QED) is 0.789. The van der Waals surface area contributed by atoms with Crippen molar-refractivity contribution in [2.24, 2.45) is 0 Å². The molecule has 1 N–H and O–H groups in total. The van der Waals surface area contributed by atoms with Crippen molar-refractivity contribution in [2.45, 2.75) is 13.5 Å². The van der Waals surface area contributed by atoms with Crippen LogP contribution in [0.4, 0.5) is 0 Å². The summed E-state index contributed by atoms with van der Waals surface area (Å²) in [5, 5.41) is 7.05. The van der Waals surface area contributed by atoms with E-state index >= 15 is 0 Å². The summed E-state index contributed by atoms with van der Waals surface area (Å²) in [6.45, 7) is 2.53. The number of methoxy groups -OCH3 is 1. The van der Waals surface area contributed by atoms with Gasteiger partial charge < -0.3 is 9.64 Å². The van der Waals surface area contributed by atoms with Crippen molar-refractivity contribution in [3.63, 3.8) is 0 Å². The third kappa shape index (κ3) is 4.40. The van der Waals surface area contributed by atoms with Crippen molar-refractivity contribution in [1.82, 2.24) is 15.1 Å². The zero-order chi connectivity index (χ0) is 16.8. The molecule has 0 unspecified atom stereocenters. The Bertz CT molecular complexity index is 699. The summed E-state index contributed by atoms with van der Waals surface area (Å²) in [4.78, 5) is 25.6. The van der Waals surface area contributed by atoms with Crippen molar-refractivity contribution >= 4 is 23.3 Å². The minimum Gasteiger partial charge on any atom is -0.383 e. The number of carbonyl (C=O) groups excluding carboxylic acids is 2. The molecule has 0 spiro atoms. The lowest BCUT2D eigenvalue weighted by Gasteiger charge is -2.22. The summed E-state index contributed by atoms with van der Waals surface area (Å²) < 4.78 is 5.06. The first-order chi connectivity index (χ1) is 11.0. The molecule has 0 aliphatic carbocycles. The van der Waals surface area contributed by atoms with E-state index in [1.807, 2.05) is 18.2 Å². The van der Waals surface area contributed by atoms with E-state index in [0.29, 0.717) is 24.7 Å². The summed E-state index contributed by atoms with van der Waals surface area (Å²) in [7, 11) is 1.57. The molecule has 122 valence electrons. The highest BCUT2D eigenvalue weighted by Gasteiger charge is 2.20. The molecule has 0 bridgehead atoms. The highest BCUT2D eigenvalue weighted by atomic mass is 35.5. The van der Waals surface area contributed by atoms with Gasteiger partial charge in [-0.1, -0.05) is 29.8 Å². The molecule has 0 atom stereocenters. The molecular formula is C16H18ClN3O3. The van der Waals surface area contributed by atoms with Gasteiger partial charge in [-0.3, -0.25) is 14.7 Å². The van der Waals surface area contributed by atoms with Gasteiger partial charge in [0.25, 0.3) is 5.91 Å². The van der Waals surface area contributed by atoms with Crippen LogP contribution in [0.5, 0.6) is 0 Å². The van der Waals surface area contributed by atoms with E-state index in [1.165, 1.54) is 13.0 Å².